The first-order valence-electron chi connectivity index (χ1n) is 16.0. The lowest BCUT2D eigenvalue weighted by Crippen LogP contribution is -2.42. The summed E-state index contributed by atoms with van der Waals surface area (Å²) in [4.78, 5) is 40.8. The van der Waals surface area contributed by atoms with Gasteiger partial charge in [-0.3, -0.25) is 18.5 Å². The maximum atomic E-state index is 14.7. The molecule has 19 nitrogen and oxygen atoms in total. The van der Waals surface area contributed by atoms with Crippen LogP contribution in [0.3, 0.4) is 0 Å². The van der Waals surface area contributed by atoms with Gasteiger partial charge in [0, 0.05) is 246 Å². The third kappa shape index (κ3) is 12.5. The number of nitrogens with zero attached hydrogens (tertiary/aromatic N) is 5. The van der Waals surface area contributed by atoms with E-state index >= 15 is 0 Å². The number of nitrogens with two attached hydrogens (primary N) is 1. The lowest BCUT2D eigenvalue weighted by molar-refractivity contribution is -0.396. The standard InChI is InChI=1S/C19H23F2N4O7P.C10H17Br2N4O4P.152H2/c1-11(12(2)26)24-33(29,32-13-6-4-3-5-7-13)30-10-14-16(27)19(20,21)17(31-14)25-9-8-15(22)23-18(25)28;1-15-9(7-13-10(15)16(17)18)8-20-21(19,6-2-3-11)14-5-4-12;;;;;;;;;;;;;;;;;;;;;;;;;;;;;;;;;;;;;;;;;;;;;;;;;;;;;;;;;;;;;;;;;;;;;;;;;;;;;;;;;;;;;;;;;;;;;;;;;;;;;;;;;;;;;;;;;;;;;;;;;;;;;;;;;;;;;;;;;;;;;;;;;;;;;;;;/h3-9,11,14,16-17,27H,10H2,1-2H3,(H,24,29)(H2,22,23,28);7H,2-6,8H2,1H3,(H,14,19);152*1H/t11-,14+,16?,17+,33?;;;;;;;;;;;;;;;;;;;;;;;;;;;;;;;;;;;;;;;;;;;;;;;;;;;;;;;;;;;;;;;;;;;;;;;;;;;;;;;;;;;;;;;;;;;;;;;;;;;;;;;;;;;;;;;;;;;;;;;;;;;;;;;;;;;;;;;;;;;;;;;;;;;;;;;;;/m0........................................................................................................................................................./s1/i;;1+2;;;;;;;;;;;;;;;;;;;;;;;;;;;;;;;;;;;;;;;;;;;;;;;;;;;;;;;;;;;;;;;;;;;;;;;;;;;;;;;;;;;;;;;;;;;;;;;;;;;;;;;;;;;;;;;;;;;;;;;;;;;;;;;;;;;;;;;;;;;;;;;;;;;;;;;. The molecule has 54 heavy (non-hydrogen) atoms. The summed E-state index contributed by atoms with van der Waals surface area (Å²) in [5, 5.41) is 27.6. The van der Waals surface area contributed by atoms with Crippen LogP contribution in [0, 0.1) is 10.1 Å². The van der Waals surface area contributed by atoms with E-state index < -0.39 is 62.9 Å². The van der Waals surface area contributed by atoms with Crippen molar-refractivity contribution in [3.8, 4) is 5.75 Å². The zero-order chi connectivity index (χ0) is 40.3. The maximum Gasteiger partial charge on any atom is 0.459 e. The molecule has 1 aliphatic rings. The summed E-state index contributed by atoms with van der Waals surface area (Å²) in [6.45, 7) is 2.37. The van der Waals surface area contributed by atoms with Gasteiger partial charge in [-0.2, -0.15) is 13.8 Å². The van der Waals surface area contributed by atoms with Gasteiger partial charge in [-0.25, -0.2) is 24.1 Å². The molecule has 25 heteroatoms. The van der Waals surface area contributed by atoms with E-state index in [1.54, 1.807) is 18.2 Å². The lowest BCUT2D eigenvalue weighted by atomic mass is 10.1. The Labute approximate surface area is 550 Å². The quantitative estimate of drug-likeness (QED) is 0.0377. The van der Waals surface area contributed by atoms with Gasteiger partial charge >= 0.3 is 25.3 Å². The normalized spacial score (nSPS) is 20.6. The predicted molar refractivity (Wildman–Crippen MR) is 520 cm³/mol. The molecule has 1 saturated heterocycles. The number of aliphatic hydroxyl groups excluding tert-OH is 1. The number of alkyl halides is 4. The van der Waals surface area contributed by atoms with Crippen molar-refractivity contribution in [2.24, 2.45) is 7.05 Å². The number of nitrogen functional groups attached to an aromatic ring is 1. The largest absolute Gasteiger partial charge is 0.459 e. The van der Waals surface area contributed by atoms with Crippen molar-refractivity contribution in [2.45, 2.75) is 57.3 Å². The average molecular weight is 1240 g/mol. The van der Waals surface area contributed by atoms with Crippen LogP contribution in [0.25, 0.3) is 0 Å². The van der Waals surface area contributed by atoms with E-state index in [4.69, 9.17) is 24.0 Å². The van der Waals surface area contributed by atoms with Gasteiger partial charge in [0.15, 0.2) is 6.10 Å². The SMILES string of the molecule is CC(=O)[C@H](C)NP(=O)(OC[C@H]1O[C@@H](n2ccc(N)nc2=O)C(F)(F)C1O)Oc1ccccc1.Cn1c(COP(=O)(CCCBr)NCCBr)cnc1[N+](=O)[O-].[3HH].[HH].[HH].[HH].[HH].[HH].[HH].[HH].[HH].[HH].[HH].[HH].[HH].[HH].[HH].[HH].[HH].[HH].[HH].[HH].[HH].[HH].[HH].[HH].[HH].[HH].[HH].[HH].[HH].[HH].[HH].[HH].[HH].[HH].[HH].[HH].[HH].[HH].[HH].[HH].[HH].[HH].[HH].[HH].[HH].[HH].[HH].[HH].[HH].[HH].[HH].[HH].[HH].[HH].[HH].[HH].[HH].[HH].[HH].[HH].[HH].[HH].[HH].[HH].[HH].[HH].[HH].[HH].[HH].[HH].[HH].[HH].[HH].[HH].[HH].[HH].[HH].[HH].[HH].[HH].[HH].[HH].[HH].[HH].[HH].[HH].[HH].[HH].[HH].[HH].[HH].[HH].[HH].[HH].[HH].[HH].[HH].[HH].[HH].[HH].[HH].[HH].[HH].[HH].[HH].[HH].[HH].[HH].[HH].[HH].[HH].[HH].[HH].[HH].[HH].[HH].[HH].[HH].[HH].[HH].[HH].[HH].[HH].[HH].[HH].[HH].[HH].[HH].[HH].[HH].[HH].[HH].[HH].[HH].[HH].[HH].[HH].[HH].[HH].[HH].[HH].[HH].[HH].[HH].[HH].[HH].[HH].[HH].[HH].[HH].[HH].[HH]. The topological polar surface area (TPSA) is 254 Å². The van der Waals surface area contributed by atoms with E-state index in [2.05, 4.69) is 52.0 Å². The summed E-state index contributed by atoms with van der Waals surface area (Å²) in [7, 11) is -5.73. The number of para-hydroxylation sites is 1. The Hall–Kier alpha value is -2.98. The molecule has 3 aromatic rings. The number of ketones is 1. The highest BCUT2D eigenvalue weighted by molar-refractivity contribution is 9.09. The highest BCUT2D eigenvalue weighted by Gasteiger charge is 2.60. The first-order chi connectivity index (χ1) is 25.4. The zero-order valence-corrected chi connectivity index (χ0v) is 34.1. The third-order valence-electron chi connectivity index (χ3n) is 7.50. The van der Waals surface area contributed by atoms with E-state index in [0.717, 1.165) is 17.6 Å². The minimum Gasteiger partial charge on any atom is -0.413 e. The Kier molecular flexibility index (Phi) is 17.0. The number of aromatic nitrogens is 4. The van der Waals surface area contributed by atoms with Crippen LogP contribution in [0.2, 0.25) is 0 Å². The Morgan fingerprint density at radius 2 is 1.94 bits per heavy atom. The molecule has 604 valence electrons. The predicted octanol–water partition coefficient (Wildman–Crippen LogP) is 41.7. The summed E-state index contributed by atoms with van der Waals surface area (Å²) in [5.41, 5.74) is 4.76. The van der Waals surface area contributed by atoms with Crippen molar-refractivity contribution >= 4 is 64.7 Å². The maximum absolute atomic E-state index is 14.7. The fourth-order valence-electron chi connectivity index (χ4n) is 4.50. The Balaban J connectivity index is -0.00000000120. The number of rotatable bonds is 19. The molecule has 4 rings (SSSR count). The van der Waals surface area contributed by atoms with Gasteiger partial charge < -0.3 is 34.7 Å². The minimum atomic E-state index is -4.28. The molecule has 6 atom stereocenters. The molecule has 1 aliphatic heterocycles. The van der Waals surface area contributed by atoms with Gasteiger partial charge in [0.2, 0.25) is 6.23 Å². The zero-order valence-electron chi connectivity index (χ0n) is 29.1. The van der Waals surface area contributed by atoms with E-state index in [0.29, 0.717) is 34.7 Å². The van der Waals surface area contributed by atoms with E-state index in [9.17, 15) is 42.7 Å². The van der Waals surface area contributed by atoms with Gasteiger partial charge in [0.05, 0.1) is 19.7 Å². The number of carbonyl (C=O) groups excluding carboxylic acids is 1. The third-order valence-corrected chi connectivity index (χ3v) is 12.3. The molecule has 2 aromatic heterocycles. The second-order valence-corrected chi connectivity index (χ2v) is 17.2. The average Bonchev–Trinajstić information content (AvgIpc) is 3.60. The highest BCUT2D eigenvalue weighted by atomic mass is 79.9. The molecule has 1 fully saturated rings. The smallest absolute Gasteiger partial charge is 0.413 e. The van der Waals surface area contributed by atoms with Crippen molar-refractivity contribution in [1.29, 1.82) is 0 Å². The number of benzene rings is 1. The second kappa shape index (κ2) is 20.3. The highest BCUT2D eigenvalue weighted by Crippen LogP contribution is 2.48. The lowest BCUT2D eigenvalue weighted by Gasteiger charge is -2.24. The number of hydrogen-bond donors (Lipinski definition) is 4. The molecule has 3 heterocycles. The number of imidazole rings is 1. The van der Waals surface area contributed by atoms with Gasteiger partial charge in [0.1, 0.15) is 42.0 Å². The number of halogens is 4. The summed E-state index contributed by atoms with van der Waals surface area (Å²) in [5.74, 6) is -4.62. The Bertz CT molecular complexity index is 2040. The molecule has 3 unspecified atom stereocenters. The molecule has 0 aliphatic carbocycles. The Morgan fingerprint density at radius 3 is 2.52 bits per heavy atom. The van der Waals surface area contributed by atoms with Crippen LogP contribution < -0.4 is 26.1 Å². The number of aliphatic hydroxyl groups is 1. The molecule has 0 amide bonds. The molecule has 0 radical (unpaired) electrons. The number of nitrogens with one attached hydrogen (secondary N) is 2. The summed E-state index contributed by atoms with van der Waals surface area (Å²) >= 11 is 6.55. The van der Waals surface area contributed by atoms with Crippen molar-refractivity contribution in [3.05, 3.63) is 75.1 Å². The molecule has 0 spiro atoms. The number of Topliss-reactive ketones (excluding diaryl/α,β-unsaturated/α-hetero) is 1. The van der Waals surface area contributed by atoms with Crippen LogP contribution in [0.5, 0.6) is 5.75 Å². The van der Waals surface area contributed by atoms with Crippen LogP contribution in [0.15, 0.2) is 53.6 Å². The molecular formula is C29H344Br2F2N8O11P2. The van der Waals surface area contributed by atoms with Gasteiger partial charge in [-0.15, -0.1) is 0 Å². The molecule has 0 saturated carbocycles. The number of nitro groups is 1. The van der Waals surface area contributed by atoms with Crippen LogP contribution in [0.1, 0.15) is 249 Å². The molecule has 1 aromatic carbocycles. The van der Waals surface area contributed by atoms with Crippen molar-refractivity contribution in [3.63, 3.8) is 0 Å². The van der Waals surface area contributed by atoms with Gasteiger partial charge in [-0.05, 0) is 43.4 Å². The number of carbonyl (C=O) groups is 1. The summed E-state index contributed by atoms with van der Waals surface area (Å²) < 4.78 is 78.4. The van der Waals surface area contributed by atoms with Crippen molar-refractivity contribution in [1.82, 2.24) is 29.3 Å². The number of ether oxygens (including phenoxy) is 1. The fraction of sp³-hybridized carbons (Fsp3) is 0.517. The minimum absolute atomic E-state index is 0. The summed E-state index contributed by atoms with van der Waals surface area (Å²) in [6.07, 6.45) is -2.90. The molecule has 0 bridgehead atoms. The first-order valence-corrected chi connectivity index (χ1v) is 21.5. The van der Waals surface area contributed by atoms with Crippen molar-refractivity contribution in [2.75, 3.05) is 35.7 Å². The van der Waals surface area contributed by atoms with Crippen LogP contribution >= 0.6 is 47.1 Å². The van der Waals surface area contributed by atoms with Crippen LogP contribution in [-0.2, 0) is 41.4 Å². The van der Waals surface area contributed by atoms with E-state index in [-0.39, 0.29) is 247 Å². The first kappa shape index (κ1) is 45.4. The van der Waals surface area contributed by atoms with Gasteiger partial charge in [0.25, 0.3) is 7.52 Å². The van der Waals surface area contributed by atoms with Gasteiger partial charge in [-0.1, -0.05) is 55.0 Å². The number of anilines is 1. The molecular weight excluding hydrogens is 896 g/mol. The second-order valence-electron chi connectivity index (χ2n) is 11.5. The van der Waals surface area contributed by atoms with E-state index in [1.807, 2.05) is 0 Å². The summed E-state index contributed by atoms with van der Waals surface area (Å²) in [6, 6.07) is 7.99. The Morgan fingerprint density at radius 1 is 1.26 bits per heavy atom. The van der Waals surface area contributed by atoms with Crippen LogP contribution in [0.4, 0.5) is 20.5 Å². The molecule has 5 N–H and O–H groups in total. The number of hydrogen-bond acceptors (Lipinski definition) is 14. The fourth-order valence-corrected chi connectivity index (χ4v) is 9.04. The van der Waals surface area contributed by atoms with Crippen LogP contribution in [-0.4, -0.2) is 89.1 Å². The van der Waals surface area contributed by atoms with E-state index in [1.165, 1.54) is 43.8 Å². The monoisotopic (exact) mass is 1240 g/mol. The van der Waals surface area contributed by atoms with Crippen molar-refractivity contribution < 1.29 is 268 Å².